The monoisotopic (exact) mass is 530 g/mol. The number of carboxylic acid groups (broad SMARTS) is 1. The van der Waals surface area contributed by atoms with E-state index in [1.54, 1.807) is 30.7 Å². The van der Waals surface area contributed by atoms with E-state index in [1.807, 2.05) is 30.0 Å². The summed E-state index contributed by atoms with van der Waals surface area (Å²) in [6, 6.07) is 11.6. The van der Waals surface area contributed by atoms with Crippen LogP contribution >= 0.6 is 23.1 Å². The second-order valence-corrected chi connectivity index (χ2v) is 11.8. The predicted octanol–water partition coefficient (Wildman–Crippen LogP) is 7.08. The Kier molecular flexibility index (Phi) is 10.0. The Morgan fingerprint density at radius 3 is 2.97 bits per heavy atom. The van der Waals surface area contributed by atoms with Crippen LogP contribution < -0.4 is 4.74 Å². The Labute approximate surface area is 221 Å². The van der Waals surface area contributed by atoms with Gasteiger partial charge < -0.3 is 14.7 Å². The fourth-order valence-electron chi connectivity index (χ4n) is 5.24. The molecule has 1 N–H and O–H groups in total. The number of aliphatic carboxylic acids is 1. The number of benzene rings is 1. The lowest BCUT2D eigenvalue weighted by Gasteiger charge is -2.39. The van der Waals surface area contributed by atoms with Gasteiger partial charge in [0, 0.05) is 30.3 Å². The van der Waals surface area contributed by atoms with Gasteiger partial charge in [0.2, 0.25) is 0 Å². The quantitative estimate of drug-likeness (QED) is 0.188. The summed E-state index contributed by atoms with van der Waals surface area (Å²) in [5, 5.41) is 12.2. The Bertz CT molecular complexity index is 1110. The summed E-state index contributed by atoms with van der Waals surface area (Å²) >= 11 is 3.68. The first kappa shape index (κ1) is 26.9. The molecule has 0 amide bonds. The highest BCUT2D eigenvalue weighted by atomic mass is 32.2. The molecule has 3 heterocycles. The molecule has 5 nitrogen and oxygen atoms in total. The Hall–Kier alpha value is -2.16. The third-order valence-corrected chi connectivity index (χ3v) is 9.39. The van der Waals surface area contributed by atoms with Gasteiger partial charge >= 0.3 is 5.97 Å². The molecule has 2 unspecified atom stereocenters. The fourth-order valence-corrected chi connectivity index (χ4v) is 7.03. The molecule has 1 aliphatic heterocycles. The maximum absolute atomic E-state index is 15.5. The van der Waals surface area contributed by atoms with Crippen LogP contribution in [0.5, 0.6) is 5.75 Å². The number of pyridine rings is 1. The van der Waals surface area contributed by atoms with Crippen molar-refractivity contribution in [2.24, 2.45) is 11.8 Å². The second kappa shape index (κ2) is 13.4. The van der Waals surface area contributed by atoms with E-state index in [0.29, 0.717) is 36.0 Å². The average molecular weight is 531 g/mol. The number of aromatic nitrogens is 1. The molecular formula is C28H35FN2O3S2. The Morgan fingerprint density at radius 1 is 1.31 bits per heavy atom. The van der Waals surface area contributed by atoms with Crippen LogP contribution in [0.2, 0.25) is 0 Å². The molecule has 0 radical (unpaired) electrons. The first-order chi connectivity index (χ1) is 17.5. The van der Waals surface area contributed by atoms with Gasteiger partial charge in [-0.2, -0.15) is 0 Å². The smallest absolute Gasteiger partial charge is 0.303 e. The molecule has 3 aromatic rings. The molecule has 0 spiro atoms. The maximum Gasteiger partial charge on any atom is 0.303 e. The minimum absolute atomic E-state index is 0.178. The average Bonchev–Trinajstić information content (AvgIpc) is 3.42. The van der Waals surface area contributed by atoms with Gasteiger partial charge in [0.05, 0.1) is 16.8 Å². The standard InChI is InChI=1S/C28H35FN2O3S2/c1-34-22-7-9-26-24(18-22)23(11-13-30-26)25(29)8-5-20-12-15-31(19-21(20)6-10-27(32)33)14-3-17-36-28-4-2-16-35-28/h2,4,7,9,11,13,16,18,20-21,25H,3,5-6,8,10,12,14-15,17,19H2,1H3,(H,32,33)/t20?,21?,25-/m0/s1. The normalized spacial score (nSPS) is 19.4. The van der Waals surface area contributed by atoms with Crippen molar-refractivity contribution < 1.29 is 19.0 Å². The number of hydrogen-bond acceptors (Lipinski definition) is 6. The molecular weight excluding hydrogens is 495 g/mol. The molecule has 0 saturated carbocycles. The number of hydrogen-bond donors (Lipinski definition) is 1. The van der Waals surface area contributed by atoms with E-state index < -0.39 is 12.1 Å². The van der Waals surface area contributed by atoms with Gasteiger partial charge in [-0.25, -0.2) is 4.39 Å². The topological polar surface area (TPSA) is 62.7 Å². The van der Waals surface area contributed by atoms with Gasteiger partial charge in [-0.05, 0) is 98.3 Å². The van der Waals surface area contributed by atoms with E-state index in [2.05, 4.69) is 27.4 Å². The van der Waals surface area contributed by atoms with Gasteiger partial charge in [0.15, 0.2) is 0 Å². The van der Waals surface area contributed by atoms with Gasteiger partial charge in [0.1, 0.15) is 11.9 Å². The van der Waals surface area contributed by atoms with Crippen LogP contribution in [-0.2, 0) is 4.79 Å². The number of alkyl halides is 1. The summed E-state index contributed by atoms with van der Waals surface area (Å²) in [7, 11) is 1.61. The van der Waals surface area contributed by atoms with Crippen LogP contribution in [0.1, 0.15) is 50.3 Å². The van der Waals surface area contributed by atoms with Crippen molar-refractivity contribution in [2.45, 2.75) is 48.9 Å². The lowest BCUT2D eigenvalue weighted by atomic mass is 9.79. The van der Waals surface area contributed by atoms with Crippen molar-refractivity contribution in [1.29, 1.82) is 0 Å². The van der Waals surface area contributed by atoms with Crippen molar-refractivity contribution >= 4 is 40.0 Å². The summed E-state index contributed by atoms with van der Waals surface area (Å²) < 4.78 is 22.2. The molecule has 0 bridgehead atoms. The minimum Gasteiger partial charge on any atom is -0.497 e. The number of carboxylic acids is 1. The van der Waals surface area contributed by atoms with Crippen molar-refractivity contribution in [1.82, 2.24) is 9.88 Å². The minimum atomic E-state index is -1.09. The number of piperidine rings is 1. The summed E-state index contributed by atoms with van der Waals surface area (Å²) in [4.78, 5) is 18.1. The third kappa shape index (κ3) is 7.43. The van der Waals surface area contributed by atoms with E-state index in [-0.39, 0.29) is 6.42 Å². The Morgan fingerprint density at radius 2 is 2.19 bits per heavy atom. The SMILES string of the molecule is COc1ccc2nccc([C@@H](F)CCC3CCN(CCCSc4cccs4)CC3CCC(=O)O)c2c1. The molecule has 4 rings (SSSR count). The number of ether oxygens (including phenoxy) is 1. The van der Waals surface area contributed by atoms with Crippen LogP contribution in [0, 0.1) is 11.8 Å². The highest BCUT2D eigenvalue weighted by Gasteiger charge is 2.30. The third-order valence-electron chi connectivity index (χ3n) is 7.17. The summed E-state index contributed by atoms with van der Waals surface area (Å²) in [6.45, 7) is 2.95. The number of nitrogens with zero attached hydrogens (tertiary/aromatic N) is 2. The fraction of sp³-hybridized carbons (Fsp3) is 0.500. The maximum atomic E-state index is 15.5. The summed E-state index contributed by atoms with van der Waals surface area (Å²) in [6.07, 6.45) is 4.73. The first-order valence-electron chi connectivity index (χ1n) is 12.7. The lowest BCUT2D eigenvalue weighted by Crippen LogP contribution is -2.41. The molecule has 8 heteroatoms. The zero-order valence-corrected chi connectivity index (χ0v) is 22.4. The van der Waals surface area contributed by atoms with Crippen LogP contribution in [-0.4, -0.2) is 53.5 Å². The van der Waals surface area contributed by atoms with E-state index in [0.717, 1.165) is 55.6 Å². The van der Waals surface area contributed by atoms with Gasteiger partial charge in [-0.1, -0.05) is 6.07 Å². The van der Waals surface area contributed by atoms with E-state index in [1.165, 1.54) is 4.21 Å². The summed E-state index contributed by atoms with van der Waals surface area (Å²) in [5.74, 6) is 1.68. The molecule has 36 heavy (non-hydrogen) atoms. The number of fused-ring (bicyclic) bond motifs is 1. The zero-order valence-electron chi connectivity index (χ0n) is 20.8. The Balaban J connectivity index is 1.33. The number of likely N-dealkylation sites (tertiary alicyclic amines) is 1. The molecule has 1 fully saturated rings. The molecule has 1 saturated heterocycles. The van der Waals surface area contributed by atoms with Crippen molar-refractivity contribution in [2.75, 3.05) is 32.5 Å². The van der Waals surface area contributed by atoms with E-state index in [4.69, 9.17) is 4.74 Å². The van der Waals surface area contributed by atoms with Crippen LogP contribution in [0.25, 0.3) is 10.9 Å². The molecule has 3 atom stereocenters. The number of carbonyl (C=O) groups is 1. The highest BCUT2D eigenvalue weighted by Crippen LogP contribution is 2.36. The lowest BCUT2D eigenvalue weighted by molar-refractivity contribution is -0.137. The molecule has 1 aromatic carbocycles. The van der Waals surface area contributed by atoms with E-state index in [9.17, 15) is 9.90 Å². The molecule has 194 valence electrons. The first-order valence-corrected chi connectivity index (χ1v) is 14.6. The van der Waals surface area contributed by atoms with E-state index >= 15 is 4.39 Å². The van der Waals surface area contributed by atoms with Crippen LogP contribution in [0.4, 0.5) is 4.39 Å². The van der Waals surface area contributed by atoms with Gasteiger partial charge in [-0.3, -0.25) is 9.78 Å². The van der Waals surface area contributed by atoms with Crippen molar-refractivity contribution in [3.63, 3.8) is 0 Å². The molecule has 2 aromatic heterocycles. The largest absolute Gasteiger partial charge is 0.497 e. The molecule has 1 aliphatic rings. The second-order valence-electron chi connectivity index (χ2n) is 9.50. The molecule has 0 aliphatic carbocycles. The van der Waals surface area contributed by atoms with Gasteiger partial charge in [0.25, 0.3) is 0 Å². The zero-order chi connectivity index (χ0) is 25.3. The summed E-state index contributed by atoms with van der Waals surface area (Å²) in [5.41, 5.74) is 1.42. The number of rotatable bonds is 13. The van der Waals surface area contributed by atoms with Crippen molar-refractivity contribution in [3.05, 3.63) is 53.5 Å². The highest BCUT2D eigenvalue weighted by molar-refractivity contribution is 8.01. The number of halogens is 1. The predicted molar refractivity (Wildman–Crippen MR) is 146 cm³/mol. The van der Waals surface area contributed by atoms with Gasteiger partial charge in [-0.15, -0.1) is 23.1 Å². The number of thiophene rings is 1. The van der Waals surface area contributed by atoms with Crippen LogP contribution in [0.15, 0.2) is 52.2 Å². The van der Waals surface area contributed by atoms with Crippen molar-refractivity contribution in [3.8, 4) is 5.75 Å². The van der Waals surface area contributed by atoms with Crippen LogP contribution in [0.3, 0.4) is 0 Å². The number of methoxy groups -OCH3 is 1. The number of thioether (sulfide) groups is 1.